The van der Waals surface area contributed by atoms with Gasteiger partial charge in [0.25, 0.3) is 0 Å². The molecule has 0 aliphatic carbocycles. The molecule has 8 nitrogen and oxygen atoms in total. The first-order valence-corrected chi connectivity index (χ1v) is 12.6. The number of carboxylic acids is 1. The molecule has 9 heteroatoms. The Morgan fingerprint density at radius 1 is 1.11 bits per heavy atom. The first-order chi connectivity index (χ1) is 17.1. The Hall–Kier alpha value is -2.81. The normalized spacial score (nSPS) is 17.1. The fraction of sp³-hybridized carbons (Fsp3) is 0.481. The highest BCUT2D eigenvalue weighted by Gasteiger charge is 2.26. The Bertz CT molecular complexity index is 1020. The van der Waals surface area contributed by atoms with E-state index in [2.05, 4.69) is 5.43 Å². The van der Waals surface area contributed by atoms with Gasteiger partial charge in [0.1, 0.15) is 24.2 Å². The van der Waals surface area contributed by atoms with Crippen molar-refractivity contribution in [1.82, 2.24) is 10.4 Å². The molecule has 1 unspecified atom stereocenters. The summed E-state index contributed by atoms with van der Waals surface area (Å²) in [4.78, 5) is 23.8. The quantitative estimate of drug-likeness (QED) is 0.485. The lowest BCUT2D eigenvalue weighted by molar-refractivity contribution is -0.136. The number of amides is 1. The second kappa shape index (κ2) is 12.9. The molecule has 0 spiro atoms. The molecule has 1 atom stereocenters. The van der Waals surface area contributed by atoms with Crippen LogP contribution in [-0.4, -0.2) is 47.2 Å². The van der Waals surface area contributed by atoms with Crippen molar-refractivity contribution < 1.29 is 28.9 Å². The van der Waals surface area contributed by atoms with Crippen LogP contribution in [0.25, 0.3) is 0 Å². The molecule has 0 radical (unpaired) electrons. The molecule has 3 rings (SSSR count). The molecule has 1 saturated heterocycles. The van der Waals surface area contributed by atoms with Crippen LogP contribution in [0.2, 0.25) is 5.02 Å². The Balaban J connectivity index is 1.82. The van der Waals surface area contributed by atoms with Gasteiger partial charge in [-0.05, 0) is 74.9 Å². The lowest BCUT2D eigenvalue weighted by Crippen LogP contribution is -2.52. The number of nitrogens with zero attached hydrogens (tertiary/aromatic N) is 1. The van der Waals surface area contributed by atoms with Gasteiger partial charge in [0.2, 0.25) is 0 Å². The first kappa shape index (κ1) is 27.8. The molecule has 2 aromatic carbocycles. The van der Waals surface area contributed by atoms with Gasteiger partial charge in [0.15, 0.2) is 0 Å². The van der Waals surface area contributed by atoms with Gasteiger partial charge in [-0.25, -0.2) is 4.79 Å². The maximum atomic E-state index is 12.5. The minimum atomic E-state index is -0.911. The predicted octanol–water partition coefficient (Wildman–Crippen LogP) is 5.36. The molecule has 1 fully saturated rings. The van der Waals surface area contributed by atoms with Crippen molar-refractivity contribution in [2.45, 2.75) is 71.3 Å². The maximum Gasteiger partial charge on any atom is 0.422 e. The molecule has 1 amide bonds. The van der Waals surface area contributed by atoms with E-state index < -0.39 is 23.9 Å². The molecule has 0 aromatic heterocycles. The third-order valence-corrected chi connectivity index (χ3v) is 5.77. The van der Waals surface area contributed by atoms with E-state index in [0.717, 1.165) is 30.4 Å². The van der Waals surface area contributed by atoms with Gasteiger partial charge in [-0.2, -0.15) is 5.01 Å². The number of ether oxygens (including phenoxy) is 3. The van der Waals surface area contributed by atoms with E-state index in [1.54, 1.807) is 29.3 Å². The van der Waals surface area contributed by atoms with Crippen molar-refractivity contribution in [1.29, 1.82) is 0 Å². The number of benzene rings is 2. The van der Waals surface area contributed by atoms with Gasteiger partial charge >= 0.3 is 12.1 Å². The smallest absolute Gasteiger partial charge is 0.422 e. The Labute approximate surface area is 217 Å². The topological polar surface area (TPSA) is 97.3 Å². The lowest BCUT2D eigenvalue weighted by Gasteiger charge is -2.34. The monoisotopic (exact) mass is 518 g/mol. The molecule has 2 N–H and O–H groups in total. The van der Waals surface area contributed by atoms with E-state index in [-0.39, 0.29) is 6.42 Å². The number of carbonyl (C=O) groups excluding carboxylic acids is 1. The summed E-state index contributed by atoms with van der Waals surface area (Å²) in [5.74, 6) is -0.284. The zero-order chi connectivity index (χ0) is 26.1. The minimum absolute atomic E-state index is 0.101. The van der Waals surface area contributed by atoms with Crippen LogP contribution in [0.4, 0.5) is 4.79 Å². The first-order valence-electron chi connectivity index (χ1n) is 12.2. The molecular weight excluding hydrogens is 484 g/mol. The van der Waals surface area contributed by atoms with Crippen LogP contribution < -0.4 is 10.2 Å². The van der Waals surface area contributed by atoms with Crippen LogP contribution in [-0.2, 0) is 33.7 Å². The third-order valence-electron chi connectivity index (χ3n) is 5.52. The Morgan fingerprint density at radius 2 is 1.83 bits per heavy atom. The molecule has 0 saturated carbocycles. The van der Waals surface area contributed by atoms with E-state index in [0.29, 0.717) is 42.5 Å². The Kier molecular flexibility index (Phi) is 9.98. The fourth-order valence-corrected chi connectivity index (χ4v) is 4.00. The molecule has 0 bridgehead atoms. The lowest BCUT2D eigenvalue weighted by atomic mass is 10.0. The number of hydrogen-bond acceptors (Lipinski definition) is 6. The maximum absolute atomic E-state index is 12.5. The number of carbonyl (C=O) groups is 2. The van der Waals surface area contributed by atoms with Crippen LogP contribution in [0.5, 0.6) is 5.75 Å². The van der Waals surface area contributed by atoms with Crippen LogP contribution in [0.3, 0.4) is 0 Å². The summed E-state index contributed by atoms with van der Waals surface area (Å²) >= 11 is 5.99. The van der Waals surface area contributed by atoms with Crippen molar-refractivity contribution in [2.75, 3.05) is 13.2 Å². The van der Waals surface area contributed by atoms with E-state index in [4.69, 9.17) is 25.8 Å². The van der Waals surface area contributed by atoms with Crippen LogP contribution in [0.1, 0.15) is 56.7 Å². The SMILES string of the molecule is CC(C)(C)OC(=O)NN1CCCCCOC1Cc1cc(CC(=O)O)ccc1OCc1ccc(Cl)cc1. The highest BCUT2D eigenvalue weighted by molar-refractivity contribution is 6.30. The molecule has 1 heterocycles. The highest BCUT2D eigenvalue weighted by atomic mass is 35.5. The number of rotatable bonds is 8. The summed E-state index contributed by atoms with van der Waals surface area (Å²) in [6, 6.07) is 12.8. The summed E-state index contributed by atoms with van der Waals surface area (Å²) in [5.41, 5.74) is 4.63. The minimum Gasteiger partial charge on any atom is -0.489 e. The van der Waals surface area contributed by atoms with Crippen molar-refractivity contribution in [3.05, 3.63) is 64.2 Å². The Morgan fingerprint density at radius 3 is 2.53 bits per heavy atom. The van der Waals surface area contributed by atoms with Crippen molar-refractivity contribution in [3.63, 3.8) is 0 Å². The average Bonchev–Trinajstić information content (AvgIpc) is 2.77. The second-order valence-corrected chi connectivity index (χ2v) is 10.3. The van der Waals surface area contributed by atoms with E-state index in [9.17, 15) is 14.7 Å². The molecule has 36 heavy (non-hydrogen) atoms. The summed E-state index contributed by atoms with van der Waals surface area (Å²) in [7, 11) is 0. The predicted molar refractivity (Wildman–Crippen MR) is 137 cm³/mol. The number of carboxylic acid groups (broad SMARTS) is 1. The standard InChI is InChI=1S/C27H35ClN2O6/c1-27(2,3)36-26(33)29-30-13-5-4-6-14-34-24(30)17-21-15-20(16-25(31)32)9-12-23(21)35-18-19-7-10-22(28)11-8-19/h7-12,15,24H,4-6,13-14,16-18H2,1-3H3,(H,29,33)(H,31,32). The molecule has 2 aromatic rings. The van der Waals surface area contributed by atoms with Crippen LogP contribution in [0, 0.1) is 0 Å². The number of aliphatic carboxylic acids is 1. The average molecular weight is 519 g/mol. The summed E-state index contributed by atoms with van der Waals surface area (Å²) in [6.45, 7) is 6.91. The fourth-order valence-electron chi connectivity index (χ4n) is 3.88. The summed E-state index contributed by atoms with van der Waals surface area (Å²) in [6.07, 6.45) is 2.08. The number of hydrazine groups is 1. The largest absolute Gasteiger partial charge is 0.489 e. The number of halogens is 1. The number of nitrogens with one attached hydrogen (secondary N) is 1. The zero-order valence-corrected chi connectivity index (χ0v) is 21.8. The summed E-state index contributed by atoms with van der Waals surface area (Å²) < 4.78 is 17.7. The molecule has 196 valence electrons. The summed E-state index contributed by atoms with van der Waals surface area (Å²) in [5, 5.41) is 11.7. The van der Waals surface area contributed by atoms with Gasteiger partial charge in [-0.15, -0.1) is 0 Å². The van der Waals surface area contributed by atoms with Gasteiger partial charge in [-0.1, -0.05) is 35.9 Å². The van der Waals surface area contributed by atoms with Crippen LogP contribution in [0.15, 0.2) is 42.5 Å². The van der Waals surface area contributed by atoms with Crippen molar-refractivity contribution in [3.8, 4) is 5.75 Å². The van der Waals surface area contributed by atoms with E-state index in [1.165, 1.54) is 0 Å². The van der Waals surface area contributed by atoms with Gasteiger partial charge in [0.05, 0.1) is 6.42 Å². The molecular formula is C27H35ClN2O6. The third kappa shape index (κ3) is 9.33. The van der Waals surface area contributed by atoms with Crippen molar-refractivity contribution >= 4 is 23.7 Å². The van der Waals surface area contributed by atoms with Gasteiger partial charge in [-0.3, -0.25) is 10.2 Å². The zero-order valence-electron chi connectivity index (χ0n) is 21.1. The van der Waals surface area contributed by atoms with Crippen LogP contribution >= 0.6 is 11.6 Å². The van der Waals surface area contributed by atoms with Crippen molar-refractivity contribution in [2.24, 2.45) is 0 Å². The molecule has 1 aliphatic rings. The van der Waals surface area contributed by atoms with Gasteiger partial charge < -0.3 is 19.3 Å². The molecule has 1 aliphatic heterocycles. The van der Waals surface area contributed by atoms with E-state index in [1.807, 2.05) is 39.0 Å². The second-order valence-electron chi connectivity index (χ2n) is 9.83. The van der Waals surface area contributed by atoms with Gasteiger partial charge in [0, 0.05) is 24.6 Å². The number of hydrogen-bond donors (Lipinski definition) is 2. The highest BCUT2D eigenvalue weighted by Crippen LogP contribution is 2.26. The van der Waals surface area contributed by atoms with E-state index >= 15 is 0 Å².